The Kier molecular flexibility index (Phi) is 9.95. The fourth-order valence-corrected chi connectivity index (χ4v) is 3.41. The molecule has 0 aromatic heterocycles. The lowest BCUT2D eigenvalue weighted by Crippen LogP contribution is -2.05. The topological polar surface area (TPSA) is 179 Å². The van der Waals surface area contributed by atoms with E-state index in [1.807, 2.05) is 18.2 Å². The molecule has 0 heterocycles. The number of nitriles is 3. The summed E-state index contributed by atoms with van der Waals surface area (Å²) in [6.07, 6.45) is 4.68. The summed E-state index contributed by atoms with van der Waals surface area (Å²) >= 11 is 0. The maximum absolute atomic E-state index is 11.2. The van der Waals surface area contributed by atoms with Crippen LogP contribution in [0.3, 0.4) is 0 Å². The third-order valence-electron chi connectivity index (χ3n) is 5.24. The van der Waals surface area contributed by atoms with E-state index in [0.717, 1.165) is 6.21 Å². The van der Waals surface area contributed by atoms with Crippen molar-refractivity contribution in [3.05, 3.63) is 129 Å². The summed E-state index contributed by atoms with van der Waals surface area (Å²) in [6.45, 7) is 14.7. The van der Waals surface area contributed by atoms with Crippen LogP contribution in [0.25, 0.3) is 20.8 Å². The summed E-state index contributed by atoms with van der Waals surface area (Å²) in [6, 6.07) is 16.5. The summed E-state index contributed by atoms with van der Waals surface area (Å²) in [4.78, 5) is 28.7. The molecule has 0 aliphatic heterocycles. The summed E-state index contributed by atoms with van der Waals surface area (Å²) in [5.74, 6) is -3.90. The summed E-state index contributed by atoms with van der Waals surface area (Å²) in [7, 11) is 0. The number of allylic oxidation sites excluding steroid dienone is 7. The zero-order valence-corrected chi connectivity index (χ0v) is 20.0. The number of hydrogen-bond acceptors (Lipinski definition) is 6. The number of hydrogen-bond donors (Lipinski definition) is 3. The quantitative estimate of drug-likeness (QED) is 0.175. The lowest BCUT2D eigenvalue weighted by Gasteiger charge is -2.12. The molecular weight excluding hydrogens is 496 g/mol. The molecule has 0 spiro atoms. The molecule has 3 N–H and O–H groups in total. The molecule has 2 aromatic carbocycles. The molecule has 0 aliphatic rings. The second-order valence-corrected chi connectivity index (χ2v) is 7.45. The SMILES string of the molecule is [C-]#[N+]C([N+]#[C-])=C(C(C#N)=CC=CC(C#N)=C(c1ccc(C(=O)O)cc1)C(C#N)C=N)c1ccc(C(=O)O)cc1. The van der Waals surface area contributed by atoms with Crippen LogP contribution in [-0.2, 0) is 0 Å². The van der Waals surface area contributed by atoms with Crippen molar-refractivity contribution in [1.82, 2.24) is 0 Å². The first kappa shape index (κ1) is 28.7. The van der Waals surface area contributed by atoms with E-state index in [4.69, 9.17) is 28.8 Å². The van der Waals surface area contributed by atoms with Gasteiger partial charge in [-0.15, -0.1) is 0 Å². The summed E-state index contributed by atoms with van der Waals surface area (Å²) in [5.41, 5.74) is 0.485. The fraction of sp³-hybridized carbons (Fsp3) is 0.0345. The molecule has 39 heavy (non-hydrogen) atoms. The molecule has 10 heteroatoms. The van der Waals surface area contributed by atoms with Crippen molar-refractivity contribution >= 4 is 29.3 Å². The highest BCUT2D eigenvalue weighted by Gasteiger charge is 2.22. The van der Waals surface area contributed by atoms with Crippen molar-refractivity contribution in [2.45, 2.75) is 0 Å². The van der Waals surface area contributed by atoms with E-state index in [9.17, 15) is 25.4 Å². The minimum atomic E-state index is -1.17. The molecule has 2 rings (SSSR count). The predicted molar refractivity (Wildman–Crippen MR) is 140 cm³/mol. The molecule has 1 atom stereocenters. The molecule has 0 fully saturated rings. The molecule has 0 saturated heterocycles. The number of benzene rings is 2. The second kappa shape index (κ2) is 13.5. The average molecular weight is 512 g/mol. The zero-order valence-electron chi connectivity index (χ0n) is 20.0. The van der Waals surface area contributed by atoms with E-state index in [0.29, 0.717) is 5.56 Å². The smallest absolute Gasteiger partial charge is 0.478 e. The Morgan fingerprint density at radius 3 is 1.72 bits per heavy atom. The van der Waals surface area contributed by atoms with Crippen LogP contribution in [0.15, 0.2) is 83.7 Å². The van der Waals surface area contributed by atoms with Gasteiger partial charge in [-0.1, -0.05) is 30.3 Å². The molecule has 0 amide bonds. The Bertz CT molecular complexity index is 1640. The first-order chi connectivity index (χ1) is 18.8. The van der Waals surface area contributed by atoms with E-state index >= 15 is 0 Å². The van der Waals surface area contributed by atoms with Gasteiger partial charge < -0.3 is 15.6 Å². The van der Waals surface area contributed by atoms with Crippen molar-refractivity contribution in [2.75, 3.05) is 0 Å². The number of aromatic carboxylic acids is 2. The van der Waals surface area contributed by atoms with Crippen LogP contribution in [0.5, 0.6) is 0 Å². The van der Waals surface area contributed by atoms with Gasteiger partial charge in [-0.05, 0) is 53.1 Å². The standard InChI is InChI=1S/C29H16N6O4/c1-34-27(35-2)26(19-8-12-21(13-9-19)29(38)39)23(15-31)5-3-4-22(14-30)25(24(16-32)17-33)18-6-10-20(11-7-18)28(36)37/h3-13,16,24,32H,(H,36,37)(H,38,39). The number of carbonyl (C=O) groups is 2. The molecule has 10 nitrogen and oxygen atoms in total. The van der Waals surface area contributed by atoms with Crippen LogP contribution in [0.1, 0.15) is 31.8 Å². The number of nitrogens with zero attached hydrogens (tertiary/aromatic N) is 5. The Balaban J connectivity index is 2.70. The predicted octanol–water partition coefficient (Wildman–Crippen LogP) is 5.36. The van der Waals surface area contributed by atoms with Crippen molar-refractivity contribution < 1.29 is 19.8 Å². The Labute approximate surface area is 223 Å². The van der Waals surface area contributed by atoms with E-state index < -0.39 is 23.7 Å². The Hall–Kier alpha value is -6.54. The minimum absolute atomic E-state index is 0.0109. The van der Waals surface area contributed by atoms with Crippen molar-refractivity contribution in [3.63, 3.8) is 0 Å². The maximum Gasteiger partial charge on any atom is 0.528 e. The lowest BCUT2D eigenvalue weighted by molar-refractivity contribution is 0.0686. The minimum Gasteiger partial charge on any atom is -0.478 e. The van der Waals surface area contributed by atoms with Gasteiger partial charge in [-0.25, -0.2) is 9.59 Å². The highest BCUT2D eigenvalue weighted by atomic mass is 16.4. The van der Waals surface area contributed by atoms with Gasteiger partial charge in [-0.2, -0.15) is 25.5 Å². The number of rotatable bonds is 9. The van der Waals surface area contributed by atoms with E-state index in [-0.39, 0.29) is 39.0 Å². The van der Waals surface area contributed by atoms with Crippen molar-refractivity contribution in [3.8, 4) is 18.2 Å². The van der Waals surface area contributed by atoms with Crippen LogP contribution in [0, 0.1) is 58.5 Å². The maximum atomic E-state index is 11.2. The Morgan fingerprint density at radius 2 is 1.33 bits per heavy atom. The third-order valence-corrected chi connectivity index (χ3v) is 5.24. The van der Waals surface area contributed by atoms with E-state index in [1.54, 1.807) is 0 Å². The van der Waals surface area contributed by atoms with Gasteiger partial charge in [0.05, 0.1) is 46.1 Å². The number of nitrogens with one attached hydrogen (secondary N) is 1. The van der Waals surface area contributed by atoms with Gasteiger partial charge in [0.1, 0.15) is 19.1 Å². The van der Waals surface area contributed by atoms with Gasteiger partial charge in [-0.3, -0.25) is 0 Å². The van der Waals surface area contributed by atoms with Crippen molar-refractivity contribution in [1.29, 1.82) is 21.2 Å². The largest absolute Gasteiger partial charge is 0.528 e. The molecule has 2 aromatic rings. The fourth-order valence-electron chi connectivity index (χ4n) is 3.41. The normalized spacial score (nSPS) is 11.8. The summed E-state index contributed by atoms with van der Waals surface area (Å²) in [5, 5.41) is 55.1. The zero-order chi connectivity index (χ0) is 28.9. The molecular formula is C29H16N6O4. The molecule has 0 bridgehead atoms. The third kappa shape index (κ3) is 6.78. The first-order valence-electron chi connectivity index (χ1n) is 10.8. The molecule has 0 aliphatic carbocycles. The second-order valence-electron chi connectivity index (χ2n) is 7.45. The van der Waals surface area contributed by atoms with Crippen LogP contribution in [0.4, 0.5) is 0 Å². The van der Waals surface area contributed by atoms with Gasteiger partial charge in [0.2, 0.25) is 0 Å². The summed E-state index contributed by atoms with van der Waals surface area (Å²) < 4.78 is 0. The monoisotopic (exact) mass is 512 g/mol. The van der Waals surface area contributed by atoms with E-state index in [2.05, 4.69) is 9.69 Å². The lowest BCUT2D eigenvalue weighted by atomic mass is 9.89. The van der Waals surface area contributed by atoms with Crippen molar-refractivity contribution in [2.24, 2.45) is 5.92 Å². The van der Waals surface area contributed by atoms with Crippen LogP contribution in [-0.4, -0.2) is 28.4 Å². The van der Waals surface area contributed by atoms with Gasteiger partial charge in [0, 0.05) is 6.21 Å². The highest BCUT2D eigenvalue weighted by Crippen LogP contribution is 2.30. The van der Waals surface area contributed by atoms with Gasteiger partial charge >= 0.3 is 17.8 Å². The first-order valence-corrected chi connectivity index (χ1v) is 10.8. The van der Waals surface area contributed by atoms with Crippen LogP contribution in [0.2, 0.25) is 0 Å². The van der Waals surface area contributed by atoms with Gasteiger partial charge in [0.15, 0.2) is 0 Å². The molecule has 1 unspecified atom stereocenters. The molecule has 0 saturated carbocycles. The number of carboxylic acid groups (broad SMARTS) is 2. The molecule has 0 radical (unpaired) electrons. The average Bonchev–Trinajstić information content (AvgIpc) is 2.95. The van der Waals surface area contributed by atoms with E-state index in [1.165, 1.54) is 66.8 Å². The number of carboxylic acids is 2. The van der Waals surface area contributed by atoms with Crippen LogP contribution >= 0.6 is 0 Å². The highest BCUT2D eigenvalue weighted by molar-refractivity contribution is 5.92. The molecule has 186 valence electrons. The van der Waals surface area contributed by atoms with Gasteiger partial charge in [0.25, 0.3) is 0 Å². The van der Waals surface area contributed by atoms with Crippen LogP contribution < -0.4 is 0 Å². The Morgan fingerprint density at radius 1 is 0.846 bits per heavy atom.